The summed E-state index contributed by atoms with van der Waals surface area (Å²) in [7, 11) is 0. The van der Waals surface area contributed by atoms with E-state index in [4.69, 9.17) is 28.3 Å². The first-order valence-electron chi connectivity index (χ1n) is 12.9. The van der Waals surface area contributed by atoms with E-state index < -0.39 is 12.3 Å². The van der Waals surface area contributed by atoms with Gasteiger partial charge in [-0.1, -0.05) is 60.8 Å². The molecular weight excluding hydrogens is 580 g/mol. The Morgan fingerprint density at radius 1 is 1.00 bits per heavy atom. The van der Waals surface area contributed by atoms with Gasteiger partial charge in [0.1, 0.15) is 5.75 Å². The molecule has 0 aliphatic carbocycles. The van der Waals surface area contributed by atoms with Gasteiger partial charge < -0.3 is 20.1 Å². The van der Waals surface area contributed by atoms with E-state index in [1.54, 1.807) is 36.4 Å². The second-order valence-corrected chi connectivity index (χ2v) is 10.4. The summed E-state index contributed by atoms with van der Waals surface area (Å²) in [5.41, 5.74) is 3.72. The third-order valence-corrected chi connectivity index (χ3v) is 7.51. The van der Waals surface area contributed by atoms with Gasteiger partial charge in [0.15, 0.2) is 0 Å². The van der Waals surface area contributed by atoms with Gasteiger partial charge in [-0.25, -0.2) is 0 Å². The van der Waals surface area contributed by atoms with E-state index in [1.165, 1.54) is 12.1 Å². The Morgan fingerprint density at radius 2 is 1.63 bits per heavy atom. The summed E-state index contributed by atoms with van der Waals surface area (Å²) in [6.07, 6.45) is -1.60. The molecule has 3 aromatic carbocycles. The number of rotatable bonds is 11. The van der Waals surface area contributed by atoms with Crippen molar-refractivity contribution in [2.24, 2.45) is 0 Å². The summed E-state index contributed by atoms with van der Waals surface area (Å²) in [5.74, 6) is -2.15. The molecule has 1 aromatic heterocycles. The number of hydrogen-bond donors (Lipinski definition) is 3. The van der Waals surface area contributed by atoms with E-state index in [-0.39, 0.29) is 36.5 Å². The maximum atomic E-state index is 12.8. The van der Waals surface area contributed by atoms with Crippen molar-refractivity contribution >= 4 is 46.0 Å². The highest BCUT2D eigenvalue weighted by Crippen LogP contribution is 2.45. The van der Waals surface area contributed by atoms with E-state index in [0.717, 1.165) is 40.4 Å². The molecule has 0 bridgehead atoms. The van der Waals surface area contributed by atoms with Gasteiger partial charge in [0.2, 0.25) is 0 Å². The molecule has 0 aliphatic rings. The fourth-order valence-electron chi connectivity index (χ4n) is 5.00. The maximum Gasteiger partial charge on any atom is 0.573 e. The lowest BCUT2D eigenvalue weighted by atomic mass is 9.75. The predicted molar refractivity (Wildman–Crippen MR) is 152 cm³/mol. The average Bonchev–Trinajstić information content (AvgIpc) is 3.30. The molecule has 11 heteroatoms. The molecular formula is C30H27Cl2F3N2O4. The van der Waals surface area contributed by atoms with E-state index in [9.17, 15) is 22.8 Å². The van der Waals surface area contributed by atoms with Crippen LogP contribution in [0.1, 0.15) is 65.1 Å². The number of fused-ring (bicyclic) bond motifs is 1. The highest BCUT2D eigenvalue weighted by Gasteiger charge is 2.32. The van der Waals surface area contributed by atoms with Gasteiger partial charge in [0.05, 0.1) is 16.5 Å². The number of aromatic amines is 1. The molecule has 2 unspecified atom stereocenters. The number of carboxylic acids is 1. The molecule has 0 saturated heterocycles. The number of alkyl halides is 3. The molecule has 2 atom stereocenters. The van der Waals surface area contributed by atoms with Crippen LogP contribution in [0.15, 0.2) is 66.9 Å². The van der Waals surface area contributed by atoms with Gasteiger partial charge in [0.25, 0.3) is 5.91 Å². The number of ether oxygens (including phenoxy) is 1. The number of carbonyl (C=O) groups is 2. The zero-order chi connectivity index (χ0) is 29.7. The molecule has 0 radical (unpaired) electrons. The normalized spacial score (nSPS) is 13.1. The summed E-state index contributed by atoms with van der Waals surface area (Å²) < 4.78 is 42.5. The lowest BCUT2D eigenvalue weighted by molar-refractivity contribution is -0.274. The van der Waals surface area contributed by atoms with Crippen LogP contribution in [0, 0.1) is 0 Å². The van der Waals surface area contributed by atoms with Crippen molar-refractivity contribution in [3.05, 3.63) is 99.2 Å². The first-order valence-corrected chi connectivity index (χ1v) is 13.6. The largest absolute Gasteiger partial charge is 0.573 e. The molecule has 4 rings (SSSR count). The number of hydrogen-bond acceptors (Lipinski definition) is 3. The second-order valence-electron chi connectivity index (χ2n) is 9.57. The van der Waals surface area contributed by atoms with Crippen molar-refractivity contribution in [1.29, 1.82) is 0 Å². The van der Waals surface area contributed by atoms with Crippen molar-refractivity contribution in [3.63, 3.8) is 0 Å². The smallest absolute Gasteiger partial charge is 0.481 e. The lowest BCUT2D eigenvalue weighted by Crippen LogP contribution is -2.26. The van der Waals surface area contributed by atoms with Crippen molar-refractivity contribution in [2.75, 3.05) is 6.54 Å². The molecule has 0 aliphatic heterocycles. The highest BCUT2D eigenvalue weighted by atomic mass is 35.5. The Bertz CT molecular complexity index is 1520. The number of halogens is 5. The monoisotopic (exact) mass is 606 g/mol. The third kappa shape index (κ3) is 7.54. The van der Waals surface area contributed by atoms with Gasteiger partial charge in [0, 0.05) is 35.1 Å². The predicted octanol–water partition coefficient (Wildman–Crippen LogP) is 8.29. The van der Waals surface area contributed by atoms with E-state index in [2.05, 4.69) is 15.0 Å². The molecule has 0 saturated carbocycles. The minimum atomic E-state index is -4.81. The Labute approximate surface area is 244 Å². The Kier molecular flexibility index (Phi) is 9.50. The fraction of sp³-hybridized carbons (Fsp3) is 0.267. The summed E-state index contributed by atoms with van der Waals surface area (Å²) in [4.78, 5) is 26.5. The number of aliphatic carboxylic acids is 1. The van der Waals surface area contributed by atoms with Crippen molar-refractivity contribution in [3.8, 4) is 5.75 Å². The Hall–Kier alpha value is -3.69. The van der Waals surface area contributed by atoms with Crippen LogP contribution in [0.2, 0.25) is 10.0 Å². The molecule has 41 heavy (non-hydrogen) atoms. The van der Waals surface area contributed by atoms with Crippen LogP contribution >= 0.6 is 23.2 Å². The number of benzene rings is 3. The first kappa shape index (κ1) is 30.3. The van der Waals surface area contributed by atoms with E-state index in [1.807, 2.05) is 25.3 Å². The Balaban J connectivity index is 1.76. The van der Waals surface area contributed by atoms with Gasteiger partial charge in [-0.05, 0) is 65.4 Å². The molecule has 0 fully saturated rings. The van der Waals surface area contributed by atoms with Crippen LogP contribution in [0.25, 0.3) is 10.9 Å². The first-order chi connectivity index (χ1) is 19.5. The molecule has 6 nitrogen and oxygen atoms in total. The zero-order valence-corrected chi connectivity index (χ0v) is 23.4. The summed E-state index contributed by atoms with van der Waals surface area (Å²) >= 11 is 12.6. The molecule has 1 amide bonds. The minimum Gasteiger partial charge on any atom is -0.481 e. The quantitative estimate of drug-likeness (QED) is 0.160. The molecule has 4 aromatic rings. The highest BCUT2D eigenvalue weighted by molar-refractivity contribution is 6.42. The van der Waals surface area contributed by atoms with Gasteiger partial charge in [-0.2, -0.15) is 0 Å². The van der Waals surface area contributed by atoms with Crippen LogP contribution < -0.4 is 10.1 Å². The topological polar surface area (TPSA) is 91.4 Å². The van der Waals surface area contributed by atoms with Crippen LogP contribution in [0.3, 0.4) is 0 Å². The number of amides is 1. The molecule has 0 spiro atoms. The lowest BCUT2D eigenvalue weighted by Gasteiger charge is -2.29. The number of aromatic nitrogens is 1. The van der Waals surface area contributed by atoms with Crippen LogP contribution in [-0.4, -0.2) is 34.9 Å². The summed E-state index contributed by atoms with van der Waals surface area (Å²) in [6, 6.07) is 16.4. The van der Waals surface area contributed by atoms with E-state index in [0.29, 0.717) is 15.6 Å². The number of nitrogens with one attached hydrogen (secondary N) is 2. The van der Waals surface area contributed by atoms with Crippen LogP contribution in [0.5, 0.6) is 5.75 Å². The number of carbonyl (C=O) groups excluding carboxylic acids is 1. The molecule has 216 valence electrons. The van der Waals surface area contributed by atoms with Gasteiger partial charge >= 0.3 is 12.3 Å². The third-order valence-electron chi connectivity index (χ3n) is 6.79. The van der Waals surface area contributed by atoms with Gasteiger partial charge in [-0.15, -0.1) is 13.2 Å². The Morgan fingerprint density at radius 3 is 2.24 bits per heavy atom. The summed E-state index contributed by atoms with van der Waals surface area (Å²) in [5, 5.41) is 13.0. The van der Waals surface area contributed by atoms with Gasteiger partial charge in [-0.3, -0.25) is 9.59 Å². The molecule has 1 heterocycles. The van der Waals surface area contributed by atoms with Crippen LogP contribution in [0.4, 0.5) is 13.2 Å². The average molecular weight is 607 g/mol. The molecule has 3 N–H and O–H groups in total. The number of carboxylic acid groups (broad SMARTS) is 1. The van der Waals surface area contributed by atoms with Crippen molar-refractivity contribution in [2.45, 2.75) is 44.4 Å². The SMILES string of the molecule is CCCC(c1ccc(C(=O)NCCC(=O)O)cc1)C(c1ccc(OC(F)(F)F)cc1)c1c[nH]c2cc(Cl)c(Cl)cc12. The standard InChI is InChI=1S/C30H27Cl2F3N2O4/c1-2-3-21(17-4-6-19(7-5-17)29(40)36-13-12-27(38)39)28(18-8-10-20(11-9-18)41-30(33,34)35)23-16-37-26-15-25(32)24(31)14-22(23)26/h4-11,14-16,21,28,37H,2-3,12-13H2,1H3,(H,36,40)(H,38,39). The second kappa shape index (κ2) is 12.9. The summed E-state index contributed by atoms with van der Waals surface area (Å²) in [6.45, 7) is 2.05. The van der Waals surface area contributed by atoms with E-state index >= 15 is 0 Å². The van der Waals surface area contributed by atoms with Crippen LogP contribution in [-0.2, 0) is 4.79 Å². The fourth-order valence-corrected chi connectivity index (χ4v) is 5.33. The van der Waals surface area contributed by atoms with Crippen molar-refractivity contribution in [1.82, 2.24) is 10.3 Å². The maximum absolute atomic E-state index is 12.8. The number of H-pyrrole nitrogens is 1. The minimum absolute atomic E-state index is 0.0115. The zero-order valence-electron chi connectivity index (χ0n) is 21.9. The van der Waals surface area contributed by atoms with Crippen molar-refractivity contribution < 1.29 is 32.6 Å².